The van der Waals surface area contributed by atoms with Crippen LogP contribution in [-0.4, -0.2) is 16.1 Å². The highest BCUT2D eigenvalue weighted by Crippen LogP contribution is 2.18. The standard InChI is InChI=1S/C8H9BrN2O2/c1-8(10,7(12)13)6-4-5(9)2-3-11-6/h2-4H,10H2,1H3,(H,12,13). The molecule has 1 unspecified atom stereocenters. The lowest BCUT2D eigenvalue weighted by atomic mass is 9.99. The molecule has 0 radical (unpaired) electrons. The van der Waals surface area contributed by atoms with Gasteiger partial charge >= 0.3 is 5.97 Å². The van der Waals surface area contributed by atoms with Gasteiger partial charge in [0.1, 0.15) is 0 Å². The lowest BCUT2D eigenvalue weighted by Gasteiger charge is -2.18. The van der Waals surface area contributed by atoms with Gasteiger partial charge in [-0.3, -0.25) is 4.98 Å². The number of aliphatic carboxylic acids is 1. The Hall–Kier alpha value is -0.940. The fourth-order valence-electron chi connectivity index (χ4n) is 0.798. The summed E-state index contributed by atoms with van der Waals surface area (Å²) in [6, 6.07) is 3.30. The van der Waals surface area contributed by atoms with E-state index in [2.05, 4.69) is 20.9 Å². The maximum absolute atomic E-state index is 10.8. The molecule has 1 aromatic heterocycles. The lowest BCUT2D eigenvalue weighted by molar-refractivity contribution is -0.143. The zero-order valence-corrected chi connectivity index (χ0v) is 8.58. The predicted molar refractivity (Wildman–Crippen MR) is 51.1 cm³/mol. The zero-order valence-electron chi connectivity index (χ0n) is 6.99. The summed E-state index contributed by atoms with van der Waals surface area (Å²) in [4.78, 5) is 14.6. The van der Waals surface area contributed by atoms with Crippen molar-refractivity contribution in [2.45, 2.75) is 12.5 Å². The number of rotatable bonds is 2. The van der Waals surface area contributed by atoms with Crippen molar-refractivity contribution < 1.29 is 9.90 Å². The quantitative estimate of drug-likeness (QED) is 0.817. The Bertz CT molecular complexity index is 339. The van der Waals surface area contributed by atoms with Gasteiger partial charge in [-0.15, -0.1) is 0 Å². The minimum absolute atomic E-state index is 0.328. The molecule has 13 heavy (non-hydrogen) atoms. The Morgan fingerprint density at radius 1 is 1.77 bits per heavy atom. The maximum atomic E-state index is 10.8. The van der Waals surface area contributed by atoms with Crippen LogP contribution in [0, 0.1) is 0 Å². The number of pyridine rings is 1. The van der Waals surface area contributed by atoms with Gasteiger partial charge in [0.25, 0.3) is 0 Å². The average molecular weight is 245 g/mol. The van der Waals surface area contributed by atoms with Gasteiger partial charge in [0.15, 0.2) is 5.54 Å². The Labute approximate surface area is 83.9 Å². The fraction of sp³-hybridized carbons (Fsp3) is 0.250. The molecule has 0 aliphatic rings. The van der Waals surface area contributed by atoms with Gasteiger partial charge in [-0.1, -0.05) is 15.9 Å². The molecule has 5 heteroatoms. The van der Waals surface area contributed by atoms with Crippen LogP contribution in [-0.2, 0) is 10.3 Å². The molecule has 3 N–H and O–H groups in total. The number of aromatic nitrogens is 1. The summed E-state index contributed by atoms with van der Waals surface area (Å²) in [5.41, 5.74) is 4.45. The van der Waals surface area contributed by atoms with Crippen LogP contribution < -0.4 is 5.73 Å². The van der Waals surface area contributed by atoms with Crippen molar-refractivity contribution in [3.63, 3.8) is 0 Å². The monoisotopic (exact) mass is 244 g/mol. The van der Waals surface area contributed by atoms with Gasteiger partial charge in [0.05, 0.1) is 5.69 Å². The van der Waals surface area contributed by atoms with E-state index < -0.39 is 11.5 Å². The molecule has 0 spiro atoms. The highest BCUT2D eigenvalue weighted by molar-refractivity contribution is 9.10. The van der Waals surface area contributed by atoms with Crippen LogP contribution >= 0.6 is 15.9 Å². The second-order valence-corrected chi connectivity index (χ2v) is 3.78. The summed E-state index contributed by atoms with van der Waals surface area (Å²) in [6.07, 6.45) is 1.51. The number of hydrogen-bond donors (Lipinski definition) is 2. The molecular formula is C8H9BrN2O2. The van der Waals surface area contributed by atoms with Gasteiger partial charge in [0, 0.05) is 10.7 Å². The van der Waals surface area contributed by atoms with Crippen LogP contribution in [0.2, 0.25) is 0 Å². The van der Waals surface area contributed by atoms with Crippen molar-refractivity contribution in [3.05, 3.63) is 28.5 Å². The summed E-state index contributed by atoms with van der Waals surface area (Å²) in [6.45, 7) is 1.41. The molecule has 0 bridgehead atoms. The van der Waals surface area contributed by atoms with Crippen molar-refractivity contribution in [2.75, 3.05) is 0 Å². The molecule has 0 aromatic carbocycles. The molecular weight excluding hydrogens is 236 g/mol. The van der Waals surface area contributed by atoms with E-state index in [1.807, 2.05) is 0 Å². The first-order valence-electron chi connectivity index (χ1n) is 3.59. The van der Waals surface area contributed by atoms with E-state index in [0.29, 0.717) is 5.69 Å². The van der Waals surface area contributed by atoms with Gasteiger partial charge < -0.3 is 10.8 Å². The highest BCUT2D eigenvalue weighted by atomic mass is 79.9. The smallest absolute Gasteiger partial charge is 0.329 e. The van der Waals surface area contributed by atoms with Crippen LogP contribution in [0.3, 0.4) is 0 Å². The first-order valence-corrected chi connectivity index (χ1v) is 4.38. The molecule has 0 saturated carbocycles. The van der Waals surface area contributed by atoms with E-state index >= 15 is 0 Å². The number of nitrogens with two attached hydrogens (primary N) is 1. The van der Waals surface area contributed by atoms with Crippen LogP contribution in [0.5, 0.6) is 0 Å². The largest absolute Gasteiger partial charge is 0.480 e. The van der Waals surface area contributed by atoms with E-state index in [-0.39, 0.29) is 0 Å². The van der Waals surface area contributed by atoms with Gasteiger partial charge in [-0.2, -0.15) is 0 Å². The zero-order chi connectivity index (χ0) is 10.1. The molecule has 1 atom stereocenters. The number of carboxylic acids is 1. The summed E-state index contributed by atoms with van der Waals surface area (Å²) in [7, 11) is 0. The molecule has 70 valence electrons. The molecule has 4 nitrogen and oxygen atoms in total. The number of carbonyl (C=O) groups is 1. The molecule has 0 aliphatic heterocycles. The number of nitrogens with zero attached hydrogens (tertiary/aromatic N) is 1. The Morgan fingerprint density at radius 3 is 2.85 bits per heavy atom. The van der Waals surface area contributed by atoms with E-state index in [0.717, 1.165) is 4.47 Å². The summed E-state index contributed by atoms with van der Waals surface area (Å²) < 4.78 is 0.760. The SMILES string of the molecule is CC(N)(C(=O)O)c1cc(Br)ccn1. The molecule has 1 heterocycles. The minimum atomic E-state index is -1.44. The van der Waals surface area contributed by atoms with Crippen LogP contribution in [0.25, 0.3) is 0 Å². The topological polar surface area (TPSA) is 76.2 Å². The van der Waals surface area contributed by atoms with Gasteiger partial charge in [-0.05, 0) is 19.1 Å². The Kier molecular flexibility index (Phi) is 2.68. The van der Waals surface area contributed by atoms with Crippen LogP contribution in [0.1, 0.15) is 12.6 Å². The van der Waals surface area contributed by atoms with Gasteiger partial charge in [0.2, 0.25) is 0 Å². The third-order valence-electron chi connectivity index (χ3n) is 1.70. The molecule has 0 saturated heterocycles. The minimum Gasteiger partial charge on any atom is -0.480 e. The van der Waals surface area contributed by atoms with E-state index in [4.69, 9.17) is 10.8 Å². The second-order valence-electron chi connectivity index (χ2n) is 2.87. The number of carboxylic acid groups (broad SMARTS) is 1. The number of hydrogen-bond acceptors (Lipinski definition) is 3. The first-order chi connectivity index (χ1) is 5.94. The third kappa shape index (κ3) is 2.05. The second kappa shape index (κ2) is 3.43. The molecule has 1 aromatic rings. The maximum Gasteiger partial charge on any atom is 0.329 e. The van der Waals surface area contributed by atoms with E-state index in [9.17, 15) is 4.79 Å². The van der Waals surface area contributed by atoms with E-state index in [1.54, 1.807) is 12.1 Å². The van der Waals surface area contributed by atoms with Crippen molar-refractivity contribution in [1.29, 1.82) is 0 Å². The number of halogens is 1. The van der Waals surface area contributed by atoms with Crippen molar-refractivity contribution in [1.82, 2.24) is 4.98 Å². The molecule has 0 fully saturated rings. The van der Waals surface area contributed by atoms with Crippen molar-refractivity contribution >= 4 is 21.9 Å². The fourth-order valence-corrected chi connectivity index (χ4v) is 1.13. The summed E-state index contributed by atoms with van der Waals surface area (Å²) in [5, 5.41) is 8.81. The normalized spacial score (nSPS) is 15.0. The van der Waals surface area contributed by atoms with Crippen molar-refractivity contribution in [2.24, 2.45) is 5.73 Å². The molecule has 0 amide bonds. The average Bonchev–Trinajstić information content (AvgIpc) is 2.04. The Morgan fingerprint density at radius 2 is 2.38 bits per heavy atom. The highest BCUT2D eigenvalue weighted by Gasteiger charge is 2.31. The Balaban J connectivity index is 3.14. The van der Waals surface area contributed by atoms with Crippen LogP contribution in [0.4, 0.5) is 0 Å². The summed E-state index contributed by atoms with van der Waals surface area (Å²) >= 11 is 3.22. The third-order valence-corrected chi connectivity index (χ3v) is 2.19. The van der Waals surface area contributed by atoms with Gasteiger partial charge in [-0.25, -0.2) is 4.79 Å². The predicted octanol–water partition coefficient (Wildman–Crippen LogP) is 1.10. The molecule has 0 aliphatic carbocycles. The van der Waals surface area contributed by atoms with Crippen LogP contribution in [0.15, 0.2) is 22.8 Å². The molecule has 1 rings (SSSR count). The van der Waals surface area contributed by atoms with Crippen molar-refractivity contribution in [3.8, 4) is 0 Å². The van der Waals surface area contributed by atoms with E-state index in [1.165, 1.54) is 13.1 Å². The first kappa shape index (κ1) is 10.1. The lowest BCUT2D eigenvalue weighted by Crippen LogP contribution is -2.42. The summed E-state index contributed by atoms with van der Waals surface area (Å²) in [5.74, 6) is -1.10.